The number of aliphatic carboxylic acids is 1. The smallest absolute Gasteiger partial charge is 0.326 e. The van der Waals surface area contributed by atoms with Crippen LogP contribution in [-0.4, -0.2) is 41.2 Å². The first-order chi connectivity index (χ1) is 20.4. The second kappa shape index (κ2) is 14.2. The Morgan fingerprint density at radius 3 is 2.12 bits per heavy atom. The van der Waals surface area contributed by atoms with Gasteiger partial charge in [0, 0.05) is 17.7 Å². The molecule has 0 fully saturated rings. The SMILES string of the molecule is COc1cc([C@@H](Nc2ccc(C(N)=NO)cc2)C(=O)N[C@@H](Cc2ccccc2)C(=O)O)ccc1OCc1ccccc1. The number of nitrogens with one attached hydrogen (secondary N) is 2. The fourth-order valence-corrected chi connectivity index (χ4v) is 4.29. The first kappa shape index (κ1) is 29.5. The number of amidine groups is 1. The summed E-state index contributed by atoms with van der Waals surface area (Å²) in [6, 6.07) is 28.3. The molecule has 10 nitrogen and oxygen atoms in total. The number of methoxy groups -OCH3 is 1. The van der Waals surface area contributed by atoms with Crippen LogP contribution in [0.2, 0.25) is 0 Å². The zero-order valence-corrected chi connectivity index (χ0v) is 22.9. The Morgan fingerprint density at radius 2 is 1.52 bits per heavy atom. The maximum Gasteiger partial charge on any atom is 0.326 e. The molecule has 0 aliphatic rings. The molecule has 42 heavy (non-hydrogen) atoms. The van der Waals surface area contributed by atoms with Gasteiger partial charge >= 0.3 is 5.97 Å². The summed E-state index contributed by atoms with van der Waals surface area (Å²) in [6.45, 7) is 0.325. The minimum atomic E-state index is -1.16. The van der Waals surface area contributed by atoms with E-state index < -0.39 is 24.0 Å². The van der Waals surface area contributed by atoms with E-state index in [2.05, 4.69) is 15.8 Å². The predicted molar refractivity (Wildman–Crippen MR) is 159 cm³/mol. The Kier molecular flexibility index (Phi) is 9.98. The van der Waals surface area contributed by atoms with Gasteiger partial charge in [0.2, 0.25) is 5.91 Å². The minimum absolute atomic E-state index is 0.0584. The third-order valence-corrected chi connectivity index (χ3v) is 6.52. The van der Waals surface area contributed by atoms with E-state index in [0.29, 0.717) is 34.9 Å². The van der Waals surface area contributed by atoms with Crippen LogP contribution in [0.15, 0.2) is 108 Å². The second-order valence-corrected chi connectivity index (χ2v) is 9.41. The number of carbonyl (C=O) groups is 2. The van der Waals surface area contributed by atoms with E-state index in [1.807, 2.05) is 48.5 Å². The van der Waals surface area contributed by atoms with E-state index >= 15 is 0 Å². The van der Waals surface area contributed by atoms with Crippen molar-refractivity contribution in [3.63, 3.8) is 0 Å². The molecule has 4 rings (SSSR count). The number of carboxylic acids is 1. The van der Waals surface area contributed by atoms with Crippen LogP contribution in [0.4, 0.5) is 5.69 Å². The van der Waals surface area contributed by atoms with Crippen LogP contribution in [0.3, 0.4) is 0 Å². The Balaban J connectivity index is 1.62. The molecule has 0 radical (unpaired) electrons. The van der Waals surface area contributed by atoms with E-state index in [4.69, 9.17) is 20.4 Å². The largest absolute Gasteiger partial charge is 0.493 e. The molecular formula is C32H32N4O6. The van der Waals surface area contributed by atoms with Gasteiger partial charge in [0.15, 0.2) is 17.3 Å². The fraction of sp³-hybridized carbons (Fsp3) is 0.156. The van der Waals surface area contributed by atoms with E-state index in [1.165, 1.54) is 7.11 Å². The Morgan fingerprint density at radius 1 is 0.881 bits per heavy atom. The maximum absolute atomic E-state index is 13.7. The summed E-state index contributed by atoms with van der Waals surface area (Å²) in [4.78, 5) is 25.8. The van der Waals surface area contributed by atoms with Gasteiger partial charge in [0.25, 0.3) is 0 Å². The van der Waals surface area contributed by atoms with Crippen LogP contribution in [0, 0.1) is 0 Å². The van der Waals surface area contributed by atoms with Crippen LogP contribution in [0.1, 0.15) is 28.3 Å². The van der Waals surface area contributed by atoms with Gasteiger partial charge in [-0.3, -0.25) is 4.79 Å². The fourth-order valence-electron chi connectivity index (χ4n) is 4.29. The van der Waals surface area contributed by atoms with Crippen molar-refractivity contribution in [1.82, 2.24) is 5.32 Å². The van der Waals surface area contributed by atoms with Gasteiger partial charge in [-0.15, -0.1) is 0 Å². The van der Waals surface area contributed by atoms with Crippen LogP contribution < -0.4 is 25.8 Å². The lowest BCUT2D eigenvalue weighted by Crippen LogP contribution is -2.45. The molecule has 4 aromatic carbocycles. The summed E-state index contributed by atoms with van der Waals surface area (Å²) in [6.07, 6.45) is 0.110. The first-order valence-electron chi connectivity index (χ1n) is 13.1. The third kappa shape index (κ3) is 7.79. The highest BCUT2D eigenvalue weighted by Gasteiger charge is 2.28. The van der Waals surface area contributed by atoms with Crippen LogP contribution >= 0.6 is 0 Å². The van der Waals surface area contributed by atoms with E-state index in [1.54, 1.807) is 54.6 Å². The summed E-state index contributed by atoms with van der Waals surface area (Å²) < 4.78 is 11.5. The Labute approximate surface area is 243 Å². The van der Waals surface area contributed by atoms with Crippen LogP contribution in [-0.2, 0) is 22.6 Å². The van der Waals surface area contributed by atoms with E-state index in [9.17, 15) is 14.7 Å². The molecule has 0 aromatic heterocycles. The average molecular weight is 569 g/mol. The molecule has 0 bridgehead atoms. The summed E-state index contributed by atoms with van der Waals surface area (Å²) in [5.74, 6) is -0.878. The maximum atomic E-state index is 13.7. The van der Waals surface area contributed by atoms with Gasteiger partial charge in [-0.1, -0.05) is 71.9 Å². The molecule has 1 amide bonds. The summed E-state index contributed by atoms with van der Waals surface area (Å²) in [5, 5.41) is 27.7. The Hall–Kier alpha value is -5.51. The van der Waals surface area contributed by atoms with E-state index in [0.717, 1.165) is 11.1 Å². The third-order valence-electron chi connectivity index (χ3n) is 6.52. The molecule has 0 heterocycles. The predicted octanol–water partition coefficient (Wildman–Crippen LogP) is 4.33. The number of anilines is 1. The quantitative estimate of drug-likeness (QED) is 0.0691. The first-order valence-corrected chi connectivity index (χ1v) is 13.1. The summed E-state index contributed by atoms with van der Waals surface area (Å²) in [5.41, 5.74) is 8.97. The van der Waals surface area contributed by atoms with E-state index in [-0.39, 0.29) is 12.3 Å². The monoisotopic (exact) mass is 568 g/mol. The molecule has 0 aliphatic heterocycles. The number of nitrogens with two attached hydrogens (primary N) is 1. The molecule has 0 saturated heterocycles. The molecule has 6 N–H and O–H groups in total. The highest BCUT2D eigenvalue weighted by atomic mass is 16.5. The number of rotatable bonds is 13. The molecule has 0 unspecified atom stereocenters. The van der Waals surface area contributed by atoms with Crippen LogP contribution in [0.5, 0.6) is 11.5 Å². The number of carboxylic acid groups (broad SMARTS) is 1. The Bertz CT molecular complexity index is 1510. The number of carbonyl (C=O) groups excluding carboxylic acids is 1. The standard InChI is InChI=1S/C32H32N4O6/c1-41-28-19-24(14-17-27(28)42-20-22-10-6-3-7-11-22)29(34-25-15-12-23(13-16-25)30(33)36-40)31(37)35-26(32(38)39)18-21-8-4-2-5-9-21/h2-17,19,26,29,34,40H,18,20H2,1H3,(H2,33,36)(H,35,37)(H,38,39)/t26-,29+/m0/s1. The van der Waals surface area contributed by atoms with Crippen molar-refractivity contribution >= 4 is 23.4 Å². The van der Waals surface area contributed by atoms with Crippen LogP contribution in [0.25, 0.3) is 0 Å². The second-order valence-electron chi connectivity index (χ2n) is 9.41. The lowest BCUT2D eigenvalue weighted by molar-refractivity contribution is -0.141. The highest BCUT2D eigenvalue weighted by molar-refractivity contribution is 5.97. The number of hydrogen-bond donors (Lipinski definition) is 5. The number of nitrogens with zero attached hydrogens (tertiary/aromatic N) is 1. The number of hydrogen-bond acceptors (Lipinski definition) is 7. The van der Waals surface area contributed by atoms with Crippen molar-refractivity contribution in [2.24, 2.45) is 10.9 Å². The molecule has 0 spiro atoms. The minimum Gasteiger partial charge on any atom is -0.493 e. The number of benzene rings is 4. The highest BCUT2D eigenvalue weighted by Crippen LogP contribution is 2.32. The van der Waals surface area contributed by atoms with Gasteiger partial charge in [-0.2, -0.15) is 0 Å². The lowest BCUT2D eigenvalue weighted by atomic mass is 10.0. The normalized spacial score (nSPS) is 12.5. The van der Waals surface area contributed by atoms with Crippen molar-refractivity contribution < 1.29 is 29.4 Å². The molecule has 216 valence electrons. The van der Waals surface area contributed by atoms with Gasteiger partial charge < -0.3 is 36.2 Å². The van der Waals surface area contributed by atoms with Gasteiger partial charge in [-0.25, -0.2) is 4.79 Å². The molecule has 4 aromatic rings. The molecule has 0 aliphatic carbocycles. The van der Waals surface area contributed by atoms with Crippen molar-refractivity contribution in [3.05, 3.63) is 125 Å². The van der Waals surface area contributed by atoms with Crippen molar-refractivity contribution in [1.29, 1.82) is 0 Å². The number of amides is 1. The molecular weight excluding hydrogens is 536 g/mol. The number of oxime groups is 1. The van der Waals surface area contributed by atoms with Gasteiger partial charge in [0.1, 0.15) is 18.7 Å². The van der Waals surface area contributed by atoms with Crippen molar-refractivity contribution in [3.8, 4) is 11.5 Å². The van der Waals surface area contributed by atoms with Crippen molar-refractivity contribution in [2.45, 2.75) is 25.1 Å². The number of ether oxygens (including phenoxy) is 2. The zero-order valence-electron chi connectivity index (χ0n) is 22.9. The molecule has 2 atom stereocenters. The van der Waals surface area contributed by atoms with Gasteiger partial charge in [-0.05, 0) is 53.1 Å². The average Bonchev–Trinajstić information content (AvgIpc) is 3.03. The molecule has 10 heteroatoms. The van der Waals surface area contributed by atoms with Gasteiger partial charge in [0.05, 0.1) is 7.11 Å². The summed E-state index contributed by atoms with van der Waals surface area (Å²) in [7, 11) is 1.50. The topological polar surface area (TPSA) is 155 Å². The zero-order chi connectivity index (χ0) is 29.9. The lowest BCUT2D eigenvalue weighted by Gasteiger charge is -2.24. The van der Waals surface area contributed by atoms with Crippen molar-refractivity contribution in [2.75, 3.05) is 12.4 Å². The summed E-state index contributed by atoms with van der Waals surface area (Å²) >= 11 is 0. The molecule has 0 saturated carbocycles.